The SMILES string of the molecule is COc1cc(C(=O)OCC(=O)N2CCOC(C)C2)cc(Cl)c1OC. The third-order valence-electron chi connectivity index (χ3n) is 3.59. The monoisotopic (exact) mass is 357 g/mol. The zero-order valence-electron chi connectivity index (χ0n) is 13.8. The molecule has 2 rings (SSSR count). The molecule has 1 amide bonds. The lowest BCUT2D eigenvalue weighted by Gasteiger charge is -2.30. The minimum Gasteiger partial charge on any atom is -0.493 e. The molecule has 7 nitrogen and oxygen atoms in total. The Morgan fingerprint density at radius 3 is 2.71 bits per heavy atom. The van der Waals surface area contributed by atoms with E-state index in [1.54, 1.807) is 4.90 Å². The van der Waals surface area contributed by atoms with Crippen molar-refractivity contribution in [2.75, 3.05) is 40.5 Å². The van der Waals surface area contributed by atoms with Gasteiger partial charge in [0.05, 0.1) is 37.5 Å². The van der Waals surface area contributed by atoms with Crippen LogP contribution in [0.2, 0.25) is 5.02 Å². The molecule has 1 fully saturated rings. The number of nitrogens with zero attached hydrogens (tertiary/aromatic N) is 1. The smallest absolute Gasteiger partial charge is 0.338 e. The number of rotatable bonds is 5. The van der Waals surface area contributed by atoms with Crippen LogP contribution in [0.3, 0.4) is 0 Å². The second kappa shape index (κ2) is 8.21. The van der Waals surface area contributed by atoms with Crippen molar-refractivity contribution >= 4 is 23.5 Å². The standard InChI is InChI=1S/C16H20ClNO6/c1-10-8-18(4-5-23-10)14(19)9-24-16(20)11-6-12(17)15(22-3)13(7-11)21-2/h6-7,10H,4-5,8-9H2,1-3H3. The lowest BCUT2D eigenvalue weighted by Crippen LogP contribution is -2.46. The number of morpholine rings is 1. The van der Waals surface area contributed by atoms with E-state index >= 15 is 0 Å². The predicted octanol–water partition coefficient (Wildman–Crippen LogP) is 1.76. The highest BCUT2D eigenvalue weighted by Crippen LogP contribution is 2.36. The summed E-state index contributed by atoms with van der Waals surface area (Å²) >= 11 is 6.06. The zero-order chi connectivity index (χ0) is 17.7. The van der Waals surface area contributed by atoms with Gasteiger partial charge in [0.15, 0.2) is 18.1 Å². The van der Waals surface area contributed by atoms with Gasteiger partial charge in [0, 0.05) is 13.1 Å². The predicted molar refractivity (Wildman–Crippen MR) is 86.8 cm³/mol. The van der Waals surface area contributed by atoms with Gasteiger partial charge in [-0.1, -0.05) is 11.6 Å². The molecule has 0 aromatic heterocycles. The molecule has 1 aromatic carbocycles. The van der Waals surface area contributed by atoms with Crippen molar-refractivity contribution in [1.29, 1.82) is 0 Å². The molecule has 1 atom stereocenters. The second-order valence-electron chi connectivity index (χ2n) is 5.29. The molecule has 0 N–H and O–H groups in total. The molecular weight excluding hydrogens is 338 g/mol. The van der Waals surface area contributed by atoms with E-state index in [0.717, 1.165) is 0 Å². The van der Waals surface area contributed by atoms with Gasteiger partial charge in [-0.15, -0.1) is 0 Å². The van der Waals surface area contributed by atoms with E-state index in [1.165, 1.54) is 26.4 Å². The molecule has 1 unspecified atom stereocenters. The zero-order valence-corrected chi connectivity index (χ0v) is 14.6. The van der Waals surface area contributed by atoms with Crippen LogP contribution in [0.15, 0.2) is 12.1 Å². The molecule has 1 saturated heterocycles. The summed E-state index contributed by atoms with van der Waals surface area (Å²) in [6, 6.07) is 2.86. The van der Waals surface area contributed by atoms with E-state index in [-0.39, 0.29) is 29.2 Å². The minimum absolute atomic E-state index is 0.0249. The molecule has 0 bridgehead atoms. The number of esters is 1. The summed E-state index contributed by atoms with van der Waals surface area (Å²) in [5.74, 6) is -0.281. The highest BCUT2D eigenvalue weighted by Gasteiger charge is 2.23. The Morgan fingerprint density at radius 1 is 1.33 bits per heavy atom. The van der Waals surface area contributed by atoms with E-state index in [1.807, 2.05) is 6.92 Å². The molecule has 0 radical (unpaired) electrons. The van der Waals surface area contributed by atoms with Gasteiger partial charge < -0.3 is 23.8 Å². The molecule has 1 heterocycles. The van der Waals surface area contributed by atoms with Crippen molar-refractivity contribution in [2.45, 2.75) is 13.0 Å². The fourth-order valence-corrected chi connectivity index (χ4v) is 2.67. The Morgan fingerprint density at radius 2 is 2.08 bits per heavy atom. The highest BCUT2D eigenvalue weighted by atomic mass is 35.5. The van der Waals surface area contributed by atoms with Crippen LogP contribution in [-0.4, -0.2) is 63.4 Å². The number of hydrogen-bond acceptors (Lipinski definition) is 6. The van der Waals surface area contributed by atoms with Gasteiger partial charge in [-0.25, -0.2) is 4.79 Å². The maximum atomic E-state index is 12.1. The van der Waals surface area contributed by atoms with Gasteiger partial charge in [0.1, 0.15) is 0 Å². The molecule has 0 spiro atoms. The van der Waals surface area contributed by atoms with Crippen LogP contribution < -0.4 is 9.47 Å². The van der Waals surface area contributed by atoms with Crippen LogP contribution in [0.4, 0.5) is 0 Å². The number of methoxy groups -OCH3 is 2. The fourth-order valence-electron chi connectivity index (χ4n) is 2.38. The lowest BCUT2D eigenvalue weighted by atomic mass is 10.2. The summed E-state index contributed by atoms with van der Waals surface area (Å²) in [4.78, 5) is 25.8. The third-order valence-corrected chi connectivity index (χ3v) is 3.87. The third kappa shape index (κ3) is 4.30. The normalized spacial score (nSPS) is 17.3. The lowest BCUT2D eigenvalue weighted by molar-refractivity contribution is -0.141. The van der Waals surface area contributed by atoms with Crippen LogP contribution in [0.25, 0.3) is 0 Å². The fraction of sp³-hybridized carbons (Fsp3) is 0.500. The molecule has 0 aliphatic carbocycles. The van der Waals surface area contributed by atoms with Crippen molar-refractivity contribution in [1.82, 2.24) is 4.90 Å². The highest BCUT2D eigenvalue weighted by molar-refractivity contribution is 6.32. The molecular formula is C16H20ClNO6. The van der Waals surface area contributed by atoms with Gasteiger partial charge in [-0.2, -0.15) is 0 Å². The quantitative estimate of drug-likeness (QED) is 0.748. The number of ether oxygens (including phenoxy) is 4. The Bertz CT molecular complexity index is 621. The topological polar surface area (TPSA) is 74.3 Å². The number of hydrogen-bond donors (Lipinski definition) is 0. The maximum absolute atomic E-state index is 12.1. The number of amides is 1. The van der Waals surface area contributed by atoms with E-state index in [2.05, 4.69) is 0 Å². The first-order chi connectivity index (χ1) is 11.5. The largest absolute Gasteiger partial charge is 0.493 e. The summed E-state index contributed by atoms with van der Waals surface area (Å²) in [7, 11) is 2.89. The van der Waals surface area contributed by atoms with Gasteiger partial charge in [0.25, 0.3) is 5.91 Å². The number of carbonyl (C=O) groups excluding carboxylic acids is 2. The molecule has 0 saturated carbocycles. The minimum atomic E-state index is -0.660. The number of benzene rings is 1. The van der Waals surface area contributed by atoms with Crippen LogP contribution in [0.5, 0.6) is 11.5 Å². The van der Waals surface area contributed by atoms with Crippen molar-refractivity contribution < 1.29 is 28.5 Å². The average Bonchev–Trinajstić information content (AvgIpc) is 2.58. The maximum Gasteiger partial charge on any atom is 0.338 e. The first-order valence-corrected chi connectivity index (χ1v) is 7.82. The Balaban J connectivity index is 1.99. The number of carbonyl (C=O) groups is 2. The first-order valence-electron chi connectivity index (χ1n) is 7.44. The van der Waals surface area contributed by atoms with Crippen LogP contribution in [0.1, 0.15) is 17.3 Å². The van der Waals surface area contributed by atoms with E-state index < -0.39 is 5.97 Å². The number of halogens is 1. The Labute approximate surface area is 145 Å². The van der Waals surface area contributed by atoms with Crippen LogP contribution in [-0.2, 0) is 14.3 Å². The molecule has 24 heavy (non-hydrogen) atoms. The van der Waals surface area contributed by atoms with Crippen LogP contribution in [0, 0.1) is 0 Å². The van der Waals surface area contributed by atoms with Crippen LogP contribution >= 0.6 is 11.6 Å². The van der Waals surface area contributed by atoms with Gasteiger partial charge in [0.2, 0.25) is 0 Å². The van der Waals surface area contributed by atoms with Gasteiger partial charge in [-0.05, 0) is 19.1 Å². The Hall–Kier alpha value is -1.99. The van der Waals surface area contributed by atoms with E-state index in [4.69, 9.17) is 30.5 Å². The summed E-state index contributed by atoms with van der Waals surface area (Å²) in [6.45, 7) is 3.00. The van der Waals surface area contributed by atoms with Crippen molar-refractivity contribution in [2.24, 2.45) is 0 Å². The van der Waals surface area contributed by atoms with Crippen molar-refractivity contribution in [3.63, 3.8) is 0 Å². The van der Waals surface area contributed by atoms with Gasteiger partial charge >= 0.3 is 5.97 Å². The summed E-state index contributed by atoms with van der Waals surface area (Å²) in [5.41, 5.74) is 0.181. The van der Waals surface area contributed by atoms with Gasteiger partial charge in [-0.3, -0.25) is 4.79 Å². The molecule has 132 valence electrons. The summed E-state index contributed by atoms with van der Waals surface area (Å²) in [5, 5.41) is 0.220. The average molecular weight is 358 g/mol. The molecule has 1 aliphatic heterocycles. The van der Waals surface area contributed by atoms with Crippen molar-refractivity contribution in [3.05, 3.63) is 22.7 Å². The van der Waals surface area contributed by atoms with E-state index in [0.29, 0.717) is 31.2 Å². The first kappa shape index (κ1) is 18.4. The molecule has 1 aliphatic rings. The van der Waals surface area contributed by atoms with E-state index in [9.17, 15) is 9.59 Å². The molecule has 1 aromatic rings. The summed E-state index contributed by atoms with van der Waals surface area (Å²) < 4.78 is 20.7. The van der Waals surface area contributed by atoms with Crippen molar-refractivity contribution in [3.8, 4) is 11.5 Å². The Kier molecular flexibility index (Phi) is 6.28. The molecule has 8 heteroatoms. The summed E-state index contributed by atoms with van der Waals surface area (Å²) in [6.07, 6.45) is -0.0249. The second-order valence-corrected chi connectivity index (χ2v) is 5.70.